The molecule has 2 aromatic carbocycles. The van der Waals surface area contributed by atoms with Crippen LogP contribution in [0.2, 0.25) is 0 Å². The highest BCUT2D eigenvalue weighted by molar-refractivity contribution is 7.99. The maximum Gasteiger partial charge on any atom is 0.197 e. The molecule has 0 spiro atoms. The molecule has 0 fully saturated rings. The van der Waals surface area contributed by atoms with Crippen molar-refractivity contribution in [2.24, 2.45) is 0 Å². The topological polar surface area (TPSA) is 50.4 Å². The van der Waals surface area contributed by atoms with Gasteiger partial charge in [-0.15, -0.1) is 11.8 Å². The van der Waals surface area contributed by atoms with Gasteiger partial charge >= 0.3 is 0 Å². The number of aryl methyl sites for hydroxylation is 1. The molecule has 4 heteroatoms. The van der Waals surface area contributed by atoms with Crippen LogP contribution in [0.4, 0.5) is 0 Å². The Balaban J connectivity index is 2.17. The number of hydrogen-bond donors (Lipinski definition) is 1. The molecule has 0 aliphatic heterocycles. The number of aromatic hydroxyl groups is 1. The van der Waals surface area contributed by atoms with E-state index in [0.29, 0.717) is 23.3 Å². The molecule has 3 rings (SSSR count). The Hall–Kier alpha value is -2.20. The van der Waals surface area contributed by atoms with Crippen molar-refractivity contribution in [2.45, 2.75) is 25.2 Å². The van der Waals surface area contributed by atoms with Crippen molar-refractivity contribution in [1.82, 2.24) is 0 Å². The van der Waals surface area contributed by atoms with E-state index >= 15 is 0 Å². The number of thioether (sulfide) groups is 1. The SMILES string of the molecule is CCSc1cccc2c(C(=O)c3ccc(O)cc3)c(CC)oc12. The average Bonchev–Trinajstić information content (AvgIpc) is 2.95. The van der Waals surface area contributed by atoms with E-state index in [2.05, 4.69) is 6.92 Å². The second-order valence-corrected chi connectivity index (χ2v) is 6.50. The van der Waals surface area contributed by atoms with Crippen molar-refractivity contribution in [2.75, 3.05) is 5.75 Å². The second kappa shape index (κ2) is 6.50. The van der Waals surface area contributed by atoms with Gasteiger partial charge in [0, 0.05) is 17.4 Å². The van der Waals surface area contributed by atoms with Crippen LogP contribution in [0.15, 0.2) is 51.8 Å². The molecule has 3 nitrogen and oxygen atoms in total. The summed E-state index contributed by atoms with van der Waals surface area (Å²) in [6.45, 7) is 4.08. The minimum Gasteiger partial charge on any atom is -0.508 e. The van der Waals surface area contributed by atoms with Gasteiger partial charge in [0.2, 0.25) is 0 Å². The molecule has 3 aromatic rings. The van der Waals surface area contributed by atoms with Crippen LogP contribution < -0.4 is 0 Å². The van der Waals surface area contributed by atoms with E-state index in [0.717, 1.165) is 21.6 Å². The van der Waals surface area contributed by atoms with Gasteiger partial charge < -0.3 is 9.52 Å². The lowest BCUT2D eigenvalue weighted by molar-refractivity contribution is 0.103. The Kier molecular flexibility index (Phi) is 4.44. The summed E-state index contributed by atoms with van der Waals surface area (Å²) in [5.41, 5.74) is 1.97. The Morgan fingerprint density at radius 1 is 1.13 bits per heavy atom. The fourth-order valence-electron chi connectivity index (χ4n) is 2.67. The zero-order valence-corrected chi connectivity index (χ0v) is 13.9. The molecular weight excluding hydrogens is 308 g/mol. The summed E-state index contributed by atoms with van der Waals surface area (Å²) in [5.74, 6) is 1.74. The number of phenols is 1. The van der Waals surface area contributed by atoms with Crippen molar-refractivity contribution < 1.29 is 14.3 Å². The molecule has 1 aromatic heterocycles. The first-order chi connectivity index (χ1) is 11.2. The maximum atomic E-state index is 12.9. The van der Waals surface area contributed by atoms with Gasteiger partial charge in [-0.2, -0.15) is 0 Å². The lowest BCUT2D eigenvalue weighted by atomic mass is 9.99. The van der Waals surface area contributed by atoms with E-state index in [1.165, 1.54) is 12.1 Å². The number of hydrogen-bond acceptors (Lipinski definition) is 4. The smallest absolute Gasteiger partial charge is 0.197 e. The predicted molar refractivity (Wildman–Crippen MR) is 93.5 cm³/mol. The molecule has 0 saturated carbocycles. The monoisotopic (exact) mass is 326 g/mol. The summed E-state index contributed by atoms with van der Waals surface area (Å²) in [4.78, 5) is 14.0. The molecule has 0 aliphatic rings. The van der Waals surface area contributed by atoms with Gasteiger partial charge in [0.05, 0.1) is 10.5 Å². The predicted octanol–water partition coefficient (Wildman–Crippen LogP) is 5.04. The number of phenolic OH excluding ortho intramolecular Hbond substituents is 1. The fraction of sp³-hybridized carbons (Fsp3) is 0.211. The number of carbonyl (C=O) groups is 1. The van der Waals surface area contributed by atoms with Crippen LogP contribution in [0, 0.1) is 0 Å². The Morgan fingerprint density at radius 3 is 2.52 bits per heavy atom. The van der Waals surface area contributed by atoms with E-state index in [1.807, 2.05) is 25.1 Å². The highest BCUT2D eigenvalue weighted by Crippen LogP contribution is 2.35. The van der Waals surface area contributed by atoms with Crippen LogP contribution >= 0.6 is 11.8 Å². The van der Waals surface area contributed by atoms with Crippen LogP contribution in [0.25, 0.3) is 11.0 Å². The molecule has 118 valence electrons. The van der Waals surface area contributed by atoms with E-state index in [1.54, 1.807) is 23.9 Å². The van der Waals surface area contributed by atoms with E-state index in [-0.39, 0.29) is 11.5 Å². The number of para-hydroxylation sites is 1. The molecule has 23 heavy (non-hydrogen) atoms. The molecule has 0 amide bonds. The molecule has 0 bridgehead atoms. The third kappa shape index (κ3) is 2.86. The van der Waals surface area contributed by atoms with Crippen molar-refractivity contribution in [3.05, 3.63) is 59.4 Å². The number of rotatable bonds is 5. The van der Waals surface area contributed by atoms with Crippen molar-refractivity contribution in [3.8, 4) is 5.75 Å². The summed E-state index contributed by atoms with van der Waals surface area (Å²) in [7, 11) is 0. The van der Waals surface area contributed by atoms with Crippen LogP contribution in [-0.4, -0.2) is 16.6 Å². The minimum absolute atomic E-state index is 0.0701. The number of fused-ring (bicyclic) bond motifs is 1. The highest BCUT2D eigenvalue weighted by atomic mass is 32.2. The minimum atomic E-state index is -0.0701. The van der Waals surface area contributed by atoms with Crippen molar-refractivity contribution >= 4 is 28.5 Å². The summed E-state index contributed by atoms with van der Waals surface area (Å²) in [6.07, 6.45) is 0.657. The van der Waals surface area contributed by atoms with Gasteiger partial charge in [0.1, 0.15) is 17.1 Å². The summed E-state index contributed by atoms with van der Waals surface area (Å²) in [5, 5.41) is 10.3. The standard InChI is InChI=1S/C19H18O3S/c1-3-15-17(18(21)12-8-10-13(20)11-9-12)14-6-5-7-16(23-4-2)19(14)22-15/h5-11,20H,3-4H2,1-2H3. The molecule has 0 aliphatic carbocycles. The van der Waals surface area contributed by atoms with Gasteiger partial charge in [-0.05, 0) is 36.1 Å². The lowest BCUT2D eigenvalue weighted by Gasteiger charge is -2.02. The summed E-state index contributed by atoms with van der Waals surface area (Å²) < 4.78 is 6.01. The maximum absolute atomic E-state index is 12.9. The third-order valence-electron chi connectivity index (χ3n) is 3.73. The molecule has 0 unspecified atom stereocenters. The molecule has 0 saturated heterocycles. The van der Waals surface area contributed by atoms with Crippen LogP contribution in [0.1, 0.15) is 35.5 Å². The summed E-state index contributed by atoms with van der Waals surface area (Å²) >= 11 is 1.71. The average molecular weight is 326 g/mol. The molecule has 0 radical (unpaired) electrons. The molecular formula is C19H18O3S. The number of carbonyl (C=O) groups excluding carboxylic acids is 1. The third-order valence-corrected chi connectivity index (χ3v) is 4.65. The van der Waals surface area contributed by atoms with E-state index < -0.39 is 0 Å². The molecule has 1 heterocycles. The van der Waals surface area contributed by atoms with Crippen LogP contribution in [0.5, 0.6) is 5.75 Å². The van der Waals surface area contributed by atoms with E-state index in [9.17, 15) is 9.90 Å². The largest absolute Gasteiger partial charge is 0.508 e. The van der Waals surface area contributed by atoms with Gasteiger partial charge in [-0.25, -0.2) is 0 Å². The zero-order valence-electron chi connectivity index (χ0n) is 13.1. The van der Waals surface area contributed by atoms with E-state index in [4.69, 9.17) is 4.42 Å². The number of ketones is 1. The first kappa shape index (κ1) is 15.7. The Morgan fingerprint density at radius 2 is 1.87 bits per heavy atom. The first-order valence-electron chi connectivity index (χ1n) is 7.66. The first-order valence-corrected chi connectivity index (χ1v) is 8.65. The van der Waals surface area contributed by atoms with Crippen LogP contribution in [-0.2, 0) is 6.42 Å². The zero-order chi connectivity index (χ0) is 16.4. The highest BCUT2D eigenvalue weighted by Gasteiger charge is 2.22. The number of furan rings is 1. The van der Waals surface area contributed by atoms with Gasteiger partial charge in [-0.3, -0.25) is 4.79 Å². The Labute approximate surface area is 139 Å². The van der Waals surface area contributed by atoms with Gasteiger partial charge in [-0.1, -0.05) is 26.0 Å². The van der Waals surface area contributed by atoms with Gasteiger partial charge in [0.25, 0.3) is 0 Å². The van der Waals surface area contributed by atoms with Crippen molar-refractivity contribution in [3.63, 3.8) is 0 Å². The Bertz CT molecular complexity index is 847. The quantitative estimate of drug-likeness (QED) is 0.527. The fourth-order valence-corrected chi connectivity index (χ4v) is 3.44. The summed E-state index contributed by atoms with van der Waals surface area (Å²) in [6, 6.07) is 12.3. The molecule has 0 atom stereocenters. The van der Waals surface area contributed by atoms with Crippen LogP contribution in [0.3, 0.4) is 0 Å². The van der Waals surface area contributed by atoms with Gasteiger partial charge in [0.15, 0.2) is 5.78 Å². The molecule has 1 N–H and O–H groups in total. The number of benzene rings is 2. The lowest BCUT2D eigenvalue weighted by Crippen LogP contribution is -2.03. The van der Waals surface area contributed by atoms with Crippen molar-refractivity contribution in [1.29, 1.82) is 0 Å². The second-order valence-electron chi connectivity index (χ2n) is 5.20. The normalized spacial score (nSPS) is 11.0.